The van der Waals surface area contributed by atoms with Crippen molar-refractivity contribution in [1.82, 2.24) is 10.2 Å². The van der Waals surface area contributed by atoms with E-state index >= 15 is 0 Å². The van der Waals surface area contributed by atoms with Crippen LogP contribution in [-0.4, -0.2) is 65.7 Å². The summed E-state index contributed by atoms with van der Waals surface area (Å²) >= 11 is 0. The number of aliphatic hydroxyl groups excluding tert-OH is 2. The Morgan fingerprint density at radius 3 is 2.33 bits per heavy atom. The molecule has 4 atom stereocenters. The third kappa shape index (κ3) is 6.15. The minimum atomic E-state index is -0.683. The molecule has 0 aromatic heterocycles. The quantitative estimate of drug-likeness (QED) is 0.667. The maximum absolute atomic E-state index is 10.5. The van der Waals surface area contributed by atoms with E-state index in [0.29, 0.717) is 12.6 Å². The van der Waals surface area contributed by atoms with E-state index in [2.05, 4.69) is 36.2 Å². The number of hydrogen-bond donors (Lipinski definition) is 3. The summed E-state index contributed by atoms with van der Waals surface area (Å²) in [7, 11) is 1.99. The molecule has 1 aromatic carbocycles. The second-order valence-corrected chi connectivity index (χ2v) is 6.34. The first-order chi connectivity index (χ1) is 10.5. The number of nitrogens with zero attached hydrogens (tertiary/aromatic N) is 1. The summed E-state index contributed by atoms with van der Waals surface area (Å²) in [5, 5.41) is 23.2. The maximum atomic E-state index is 10.5. The van der Waals surface area contributed by atoms with Gasteiger partial charge in [-0.15, -0.1) is 24.8 Å². The summed E-state index contributed by atoms with van der Waals surface area (Å²) in [5.41, 5.74) is 1.19. The number of rotatable bonds is 7. The second-order valence-electron chi connectivity index (χ2n) is 6.34. The van der Waals surface area contributed by atoms with Gasteiger partial charge in [0.05, 0.1) is 18.8 Å². The SMILES string of the molecule is CC(C)NC[C@H]1O[C@@H](CO)[C@@H](O)[C@@H]1N(C)Cc1ccccc1.Cl.Cl. The Hall–Kier alpha value is -0.400. The van der Waals surface area contributed by atoms with Crippen LogP contribution in [0.1, 0.15) is 19.4 Å². The lowest BCUT2D eigenvalue weighted by Crippen LogP contribution is -2.49. The predicted octanol–water partition coefficient (Wildman–Crippen LogP) is 1.45. The van der Waals surface area contributed by atoms with Gasteiger partial charge in [-0.3, -0.25) is 4.90 Å². The first-order valence-electron chi connectivity index (χ1n) is 7.95. The number of nitrogens with one attached hydrogen (secondary N) is 1. The lowest BCUT2D eigenvalue weighted by Gasteiger charge is -2.31. The van der Waals surface area contributed by atoms with Crippen LogP contribution in [0, 0.1) is 0 Å². The van der Waals surface area contributed by atoms with Gasteiger partial charge >= 0.3 is 0 Å². The van der Waals surface area contributed by atoms with Crippen LogP contribution in [0.2, 0.25) is 0 Å². The summed E-state index contributed by atoms with van der Waals surface area (Å²) in [6.45, 7) is 5.40. The van der Waals surface area contributed by atoms with Crippen LogP contribution in [0.4, 0.5) is 0 Å². The third-order valence-corrected chi connectivity index (χ3v) is 4.15. The van der Waals surface area contributed by atoms with Crippen LogP contribution in [0.15, 0.2) is 30.3 Å². The Labute approximate surface area is 157 Å². The van der Waals surface area contributed by atoms with Gasteiger partial charge in [0.25, 0.3) is 0 Å². The Morgan fingerprint density at radius 2 is 1.79 bits per heavy atom. The molecule has 1 fully saturated rings. The molecule has 2 rings (SSSR count). The van der Waals surface area contributed by atoms with Crippen LogP contribution in [0.3, 0.4) is 0 Å². The molecular weight excluding hydrogens is 351 g/mol. The van der Waals surface area contributed by atoms with Crippen LogP contribution < -0.4 is 5.32 Å². The summed E-state index contributed by atoms with van der Waals surface area (Å²) in [5.74, 6) is 0. The van der Waals surface area contributed by atoms with Crippen molar-refractivity contribution in [3.05, 3.63) is 35.9 Å². The molecule has 0 unspecified atom stereocenters. The van der Waals surface area contributed by atoms with E-state index in [-0.39, 0.29) is 43.6 Å². The number of benzene rings is 1. The van der Waals surface area contributed by atoms with Crippen molar-refractivity contribution in [3.63, 3.8) is 0 Å². The van der Waals surface area contributed by atoms with Gasteiger partial charge < -0.3 is 20.3 Å². The van der Waals surface area contributed by atoms with Crippen molar-refractivity contribution in [2.24, 2.45) is 0 Å². The number of likely N-dealkylation sites (N-methyl/N-ethyl adjacent to an activating group) is 1. The Balaban J connectivity index is 0.00000264. The fourth-order valence-corrected chi connectivity index (χ4v) is 3.02. The zero-order chi connectivity index (χ0) is 16.1. The first kappa shape index (κ1) is 23.6. The monoisotopic (exact) mass is 380 g/mol. The molecule has 3 N–H and O–H groups in total. The number of hydrogen-bond acceptors (Lipinski definition) is 5. The second kappa shape index (κ2) is 11.3. The average molecular weight is 381 g/mol. The normalized spacial score (nSPS) is 26.3. The lowest BCUT2D eigenvalue weighted by atomic mass is 10.0. The molecular formula is C17H30Cl2N2O3. The molecule has 1 saturated heterocycles. The molecule has 5 nitrogen and oxygen atoms in total. The number of halogens is 2. The van der Waals surface area contributed by atoms with E-state index in [1.807, 2.05) is 25.2 Å². The highest BCUT2D eigenvalue weighted by atomic mass is 35.5. The van der Waals surface area contributed by atoms with Crippen molar-refractivity contribution in [1.29, 1.82) is 0 Å². The van der Waals surface area contributed by atoms with Crippen molar-refractivity contribution < 1.29 is 14.9 Å². The van der Waals surface area contributed by atoms with Gasteiger partial charge in [0.15, 0.2) is 0 Å². The van der Waals surface area contributed by atoms with Crippen molar-refractivity contribution >= 4 is 24.8 Å². The molecule has 0 saturated carbocycles. The standard InChI is InChI=1S/C17H28N2O3.2ClH/c1-12(2)18-9-14-16(17(21)15(11-20)22-14)19(3)10-13-7-5-4-6-8-13;;/h4-8,12,14-18,20-21H,9-11H2,1-3H3;2*1H/t14-,15+,16-,17-;;/m1../s1. The molecule has 0 amide bonds. The lowest BCUT2D eigenvalue weighted by molar-refractivity contribution is -0.0216. The van der Waals surface area contributed by atoms with Crippen LogP contribution >= 0.6 is 24.8 Å². The molecule has 0 bridgehead atoms. The van der Waals surface area contributed by atoms with Gasteiger partial charge in [-0.2, -0.15) is 0 Å². The molecule has 1 heterocycles. The predicted molar refractivity (Wildman–Crippen MR) is 101 cm³/mol. The summed E-state index contributed by atoms with van der Waals surface area (Å²) in [4.78, 5) is 2.11. The fraction of sp³-hybridized carbons (Fsp3) is 0.647. The largest absolute Gasteiger partial charge is 0.394 e. The Morgan fingerprint density at radius 1 is 1.17 bits per heavy atom. The summed E-state index contributed by atoms with van der Waals surface area (Å²) < 4.78 is 5.84. The molecule has 0 aliphatic carbocycles. The van der Waals surface area contributed by atoms with E-state index in [1.165, 1.54) is 5.56 Å². The van der Waals surface area contributed by atoms with Gasteiger partial charge in [0.1, 0.15) is 12.2 Å². The van der Waals surface area contributed by atoms with Gasteiger partial charge in [-0.25, -0.2) is 0 Å². The van der Waals surface area contributed by atoms with Gasteiger partial charge in [-0.1, -0.05) is 44.2 Å². The highest BCUT2D eigenvalue weighted by Gasteiger charge is 2.45. The van der Waals surface area contributed by atoms with Crippen LogP contribution in [-0.2, 0) is 11.3 Å². The zero-order valence-corrected chi connectivity index (χ0v) is 16.1. The van der Waals surface area contributed by atoms with E-state index in [9.17, 15) is 10.2 Å². The number of aliphatic hydroxyl groups is 2. The van der Waals surface area contributed by atoms with Gasteiger partial charge in [-0.05, 0) is 12.6 Å². The highest BCUT2D eigenvalue weighted by molar-refractivity contribution is 5.85. The van der Waals surface area contributed by atoms with Crippen LogP contribution in [0.5, 0.6) is 0 Å². The van der Waals surface area contributed by atoms with E-state index < -0.39 is 12.2 Å². The summed E-state index contributed by atoms with van der Waals surface area (Å²) in [6, 6.07) is 10.4. The van der Waals surface area contributed by atoms with Crippen molar-refractivity contribution in [2.75, 3.05) is 20.2 Å². The molecule has 24 heavy (non-hydrogen) atoms. The molecule has 0 spiro atoms. The topological polar surface area (TPSA) is 65.0 Å². The first-order valence-corrected chi connectivity index (χ1v) is 7.95. The minimum Gasteiger partial charge on any atom is -0.394 e. The van der Waals surface area contributed by atoms with Crippen molar-refractivity contribution in [2.45, 2.75) is 50.8 Å². The minimum absolute atomic E-state index is 0. The van der Waals surface area contributed by atoms with E-state index in [4.69, 9.17) is 4.74 Å². The molecule has 1 aliphatic heterocycles. The molecule has 1 aromatic rings. The number of ether oxygens (including phenoxy) is 1. The molecule has 7 heteroatoms. The Bertz CT molecular complexity index is 451. The fourth-order valence-electron chi connectivity index (χ4n) is 3.02. The van der Waals surface area contributed by atoms with E-state index in [1.54, 1.807) is 0 Å². The average Bonchev–Trinajstić information content (AvgIpc) is 2.82. The summed E-state index contributed by atoms with van der Waals surface area (Å²) in [6.07, 6.45) is -1.33. The molecule has 0 radical (unpaired) electrons. The van der Waals surface area contributed by atoms with Crippen molar-refractivity contribution in [3.8, 4) is 0 Å². The smallest absolute Gasteiger partial charge is 0.109 e. The molecule has 140 valence electrons. The highest BCUT2D eigenvalue weighted by Crippen LogP contribution is 2.26. The maximum Gasteiger partial charge on any atom is 0.109 e. The zero-order valence-electron chi connectivity index (χ0n) is 14.5. The van der Waals surface area contributed by atoms with Crippen LogP contribution in [0.25, 0.3) is 0 Å². The van der Waals surface area contributed by atoms with E-state index in [0.717, 1.165) is 6.54 Å². The molecule has 1 aliphatic rings. The Kier molecular flexibility index (Phi) is 11.1. The van der Waals surface area contributed by atoms with Gasteiger partial charge in [0, 0.05) is 19.1 Å². The third-order valence-electron chi connectivity index (χ3n) is 4.15. The van der Waals surface area contributed by atoms with Gasteiger partial charge in [0.2, 0.25) is 0 Å².